The molecule has 0 aliphatic carbocycles. The molecule has 0 atom stereocenters. The number of ether oxygens (including phenoxy) is 1. The van der Waals surface area contributed by atoms with Crippen molar-refractivity contribution in [2.45, 2.75) is 20.4 Å². The van der Waals surface area contributed by atoms with Crippen molar-refractivity contribution in [2.75, 3.05) is 18.5 Å². The minimum Gasteiger partial charge on any atom is -0.456 e. The van der Waals surface area contributed by atoms with E-state index in [1.54, 1.807) is 31.3 Å². The molecule has 0 aliphatic rings. The third-order valence-electron chi connectivity index (χ3n) is 6.05. The predicted molar refractivity (Wildman–Crippen MR) is 148 cm³/mol. The van der Waals surface area contributed by atoms with Gasteiger partial charge in [0.2, 0.25) is 5.91 Å². The Hall–Kier alpha value is -3.66. The smallest absolute Gasteiger partial charge is 0.228 e. The Labute approximate surface area is 222 Å². The van der Waals surface area contributed by atoms with Crippen LogP contribution in [-0.4, -0.2) is 38.7 Å². The molecule has 0 unspecified atom stereocenters. The molecule has 37 heavy (non-hydrogen) atoms. The number of hydrogen-bond acceptors (Lipinski definition) is 7. The number of aromatic nitrogens is 3. The second kappa shape index (κ2) is 10.4. The van der Waals surface area contributed by atoms with Gasteiger partial charge >= 0.3 is 0 Å². The average Bonchev–Trinajstić information content (AvgIpc) is 3.53. The lowest BCUT2D eigenvalue weighted by atomic mass is 9.94. The van der Waals surface area contributed by atoms with Crippen molar-refractivity contribution in [3.63, 3.8) is 0 Å². The lowest BCUT2D eigenvalue weighted by Gasteiger charge is -2.20. The number of aliphatic hydroxyl groups is 1. The second-order valence-corrected chi connectivity index (χ2v) is 10.6. The summed E-state index contributed by atoms with van der Waals surface area (Å²) in [5.41, 5.74) is 1.49. The van der Waals surface area contributed by atoms with E-state index in [1.807, 2.05) is 47.2 Å². The van der Waals surface area contributed by atoms with E-state index in [4.69, 9.17) is 16.3 Å². The highest BCUT2D eigenvalue weighted by Gasteiger charge is 2.26. The molecule has 3 aromatic heterocycles. The van der Waals surface area contributed by atoms with Crippen molar-refractivity contribution < 1.29 is 14.6 Å². The summed E-state index contributed by atoms with van der Waals surface area (Å²) in [6.07, 6.45) is 3.41. The Balaban J connectivity index is 1.31. The summed E-state index contributed by atoms with van der Waals surface area (Å²) < 4.78 is 9.16. The van der Waals surface area contributed by atoms with Crippen molar-refractivity contribution in [3.05, 3.63) is 71.5 Å². The van der Waals surface area contributed by atoms with Gasteiger partial charge in [0.05, 0.1) is 22.6 Å². The summed E-state index contributed by atoms with van der Waals surface area (Å²) in [6, 6.07) is 15.4. The number of halogens is 1. The average molecular weight is 536 g/mol. The summed E-state index contributed by atoms with van der Waals surface area (Å²) in [6.45, 7) is 4.10. The molecule has 3 N–H and O–H groups in total. The fraction of sp³-hybridized carbons (Fsp3) is 0.222. The molecule has 10 heteroatoms. The minimum absolute atomic E-state index is 0.201. The van der Waals surface area contributed by atoms with Crippen LogP contribution in [0.2, 0.25) is 5.02 Å². The summed E-state index contributed by atoms with van der Waals surface area (Å²) in [7, 11) is 0. The van der Waals surface area contributed by atoms with Gasteiger partial charge in [0, 0.05) is 29.7 Å². The van der Waals surface area contributed by atoms with Gasteiger partial charge < -0.3 is 25.0 Å². The summed E-state index contributed by atoms with van der Waals surface area (Å²) in [5, 5.41) is 19.3. The van der Waals surface area contributed by atoms with Crippen LogP contribution in [0.25, 0.3) is 21.1 Å². The van der Waals surface area contributed by atoms with Gasteiger partial charge in [-0.1, -0.05) is 11.6 Å². The lowest BCUT2D eigenvalue weighted by Crippen LogP contribution is -2.40. The molecule has 5 aromatic rings. The maximum Gasteiger partial charge on any atom is 0.228 e. The van der Waals surface area contributed by atoms with Gasteiger partial charge in [-0.25, -0.2) is 9.97 Å². The van der Waals surface area contributed by atoms with Crippen LogP contribution in [0.3, 0.4) is 0 Å². The molecule has 0 saturated heterocycles. The normalized spacial score (nSPS) is 11.7. The number of aliphatic hydroxyl groups excluding tert-OH is 1. The molecule has 1 amide bonds. The van der Waals surface area contributed by atoms with Gasteiger partial charge in [-0.2, -0.15) is 0 Å². The van der Waals surface area contributed by atoms with Crippen LogP contribution < -0.4 is 15.4 Å². The predicted octanol–water partition coefficient (Wildman–Crippen LogP) is 5.97. The van der Waals surface area contributed by atoms with E-state index in [9.17, 15) is 9.90 Å². The molecule has 0 bridgehead atoms. The van der Waals surface area contributed by atoms with Crippen LogP contribution in [0, 0.1) is 5.41 Å². The number of carbonyl (C=O) groups excluding carboxylic acids is 1. The monoisotopic (exact) mass is 535 g/mol. The Morgan fingerprint density at radius 1 is 1.16 bits per heavy atom. The first kappa shape index (κ1) is 25.0. The Bertz CT molecular complexity index is 1580. The number of hydrogen-bond donors (Lipinski definition) is 3. The molecule has 2 aromatic carbocycles. The number of nitrogens with zero attached hydrogens (tertiary/aromatic N) is 3. The topological polar surface area (TPSA) is 101 Å². The van der Waals surface area contributed by atoms with Crippen LogP contribution in [0.4, 0.5) is 11.5 Å². The summed E-state index contributed by atoms with van der Waals surface area (Å²) >= 11 is 8.22. The number of amides is 1. The van der Waals surface area contributed by atoms with E-state index < -0.39 is 5.41 Å². The van der Waals surface area contributed by atoms with Gasteiger partial charge in [0.15, 0.2) is 5.82 Å². The summed E-state index contributed by atoms with van der Waals surface area (Å²) in [5.74, 6) is 1.70. The highest BCUT2D eigenvalue weighted by molar-refractivity contribution is 7.17. The standard InChI is InChI=1S/C27H26ClN5O3S/c1-27(2,15-34)26(35)29-9-11-33-10-7-21-24(33)25(31-16-30-21)32-18-4-6-22(20(28)13-18)36-19-5-3-17-8-12-37-23(17)14-19/h3-8,10,12-14,16,34H,9,11,15H2,1-2H3,(H,29,35)(H,30,31,32). The quantitative estimate of drug-likeness (QED) is 0.215. The molecule has 0 saturated carbocycles. The third-order valence-corrected chi connectivity index (χ3v) is 7.22. The lowest BCUT2D eigenvalue weighted by molar-refractivity contribution is -0.131. The molecule has 5 rings (SSSR count). The number of anilines is 2. The van der Waals surface area contributed by atoms with Crippen LogP contribution >= 0.6 is 22.9 Å². The van der Waals surface area contributed by atoms with Crippen molar-refractivity contribution in [2.24, 2.45) is 5.41 Å². The van der Waals surface area contributed by atoms with Crippen molar-refractivity contribution in [1.29, 1.82) is 0 Å². The van der Waals surface area contributed by atoms with Crippen LogP contribution in [0.1, 0.15) is 13.8 Å². The van der Waals surface area contributed by atoms with E-state index in [0.29, 0.717) is 29.7 Å². The first-order valence-electron chi connectivity index (χ1n) is 11.7. The second-order valence-electron chi connectivity index (χ2n) is 9.26. The molecule has 190 valence electrons. The first-order valence-corrected chi connectivity index (χ1v) is 13.0. The highest BCUT2D eigenvalue weighted by atomic mass is 35.5. The molecule has 0 fully saturated rings. The van der Waals surface area contributed by atoms with E-state index >= 15 is 0 Å². The number of rotatable bonds is 9. The van der Waals surface area contributed by atoms with Gasteiger partial charge in [0.25, 0.3) is 0 Å². The van der Waals surface area contributed by atoms with E-state index in [0.717, 1.165) is 27.2 Å². The van der Waals surface area contributed by atoms with Crippen molar-refractivity contribution in [3.8, 4) is 11.5 Å². The fourth-order valence-corrected chi connectivity index (χ4v) is 4.87. The Kier molecular flexibility index (Phi) is 7.01. The SMILES string of the molecule is CC(C)(CO)C(=O)NCCn1ccc2ncnc(Nc3ccc(Oc4ccc5ccsc5c4)c(Cl)c3)c21. The van der Waals surface area contributed by atoms with E-state index in [1.165, 1.54) is 11.7 Å². The number of carbonyl (C=O) groups is 1. The number of fused-ring (bicyclic) bond motifs is 2. The van der Waals surface area contributed by atoms with Crippen LogP contribution in [-0.2, 0) is 11.3 Å². The largest absolute Gasteiger partial charge is 0.456 e. The zero-order valence-corrected chi connectivity index (χ0v) is 21.9. The number of thiophene rings is 1. The van der Waals surface area contributed by atoms with Crippen molar-refractivity contribution >= 4 is 61.5 Å². The van der Waals surface area contributed by atoms with E-state index in [-0.39, 0.29) is 12.5 Å². The molecule has 0 aliphatic heterocycles. The minimum atomic E-state index is -0.833. The molecule has 3 heterocycles. The number of nitrogens with one attached hydrogen (secondary N) is 2. The van der Waals surface area contributed by atoms with Gasteiger partial charge in [-0.15, -0.1) is 11.3 Å². The molecular weight excluding hydrogens is 510 g/mol. The maximum absolute atomic E-state index is 12.3. The molecular formula is C27H26ClN5O3S. The van der Waals surface area contributed by atoms with E-state index in [2.05, 4.69) is 32.0 Å². The third kappa shape index (κ3) is 5.39. The Morgan fingerprint density at radius 3 is 2.84 bits per heavy atom. The van der Waals surface area contributed by atoms with Gasteiger partial charge in [-0.3, -0.25) is 4.79 Å². The summed E-state index contributed by atoms with van der Waals surface area (Å²) in [4.78, 5) is 21.1. The maximum atomic E-state index is 12.3. The molecule has 8 nitrogen and oxygen atoms in total. The first-order chi connectivity index (χ1) is 17.8. The van der Waals surface area contributed by atoms with Gasteiger partial charge in [-0.05, 0) is 73.1 Å². The zero-order chi connectivity index (χ0) is 26.0. The highest BCUT2D eigenvalue weighted by Crippen LogP contribution is 2.35. The fourth-order valence-electron chi connectivity index (χ4n) is 3.84. The van der Waals surface area contributed by atoms with Crippen LogP contribution in [0.5, 0.6) is 11.5 Å². The number of benzene rings is 2. The molecule has 0 radical (unpaired) electrons. The molecule has 0 spiro atoms. The van der Waals surface area contributed by atoms with Crippen molar-refractivity contribution in [1.82, 2.24) is 19.9 Å². The van der Waals surface area contributed by atoms with Crippen LogP contribution in [0.15, 0.2) is 66.4 Å². The zero-order valence-electron chi connectivity index (χ0n) is 20.4. The Morgan fingerprint density at radius 2 is 2.03 bits per heavy atom. The van der Waals surface area contributed by atoms with Gasteiger partial charge in [0.1, 0.15) is 23.3 Å².